The van der Waals surface area contributed by atoms with Crippen molar-refractivity contribution >= 4 is 40.7 Å². The smallest absolute Gasteiger partial charge is 0.338 e. The van der Waals surface area contributed by atoms with Gasteiger partial charge in [0.25, 0.3) is 0 Å². The SMILES string of the molecule is O=C1NC(c2cc(Cl)cc(Cl)c2)(C(F)(F)F)CC1c1cccc(Cl)c1. The van der Waals surface area contributed by atoms with Crippen LogP contribution in [0.25, 0.3) is 0 Å². The van der Waals surface area contributed by atoms with Crippen molar-refractivity contribution in [1.29, 1.82) is 0 Å². The zero-order valence-corrected chi connectivity index (χ0v) is 14.8. The number of rotatable bonds is 2. The molecule has 0 bridgehead atoms. The number of amides is 1. The molecule has 0 aromatic heterocycles. The number of carbonyl (C=O) groups excluding carboxylic acids is 1. The number of benzene rings is 2. The molecule has 132 valence electrons. The third-order valence-electron chi connectivity index (χ3n) is 4.25. The van der Waals surface area contributed by atoms with Crippen LogP contribution in [0.3, 0.4) is 0 Å². The van der Waals surface area contributed by atoms with Gasteiger partial charge in [0.2, 0.25) is 5.91 Å². The molecular weight excluding hydrogens is 398 g/mol. The molecule has 1 aliphatic heterocycles. The molecule has 1 aliphatic rings. The Morgan fingerprint density at radius 2 is 1.64 bits per heavy atom. The summed E-state index contributed by atoms with van der Waals surface area (Å²) in [5.41, 5.74) is -2.34. The van der Waals surface area contributed by atoms with Crippen LogP contribution in [0.2, 0.25) is 15.1 Å². The molecule has 0 saturated carbocycles. The van der Waals surface area contributed by atoms with E-state index in [0.29, 0.717) is 10.6 Å². The predicted octanol–water partition coefficient (Wildman–Crippen LogP) is 5.71. The van der Waals surface area contributed by atoms with Gasteiger partial charge in [-0.05, 0) is 47.9 Å². The quantitative estimate of drug-likeness (QED) is 0.678. The first-order chi connectivity index (χ1) is 11.6. The minimum atomic E-state index is -4.73. The van der Waals surface area contributed by atoms with Gasteiger partial charge in [0.05, 0.1) is 5.92 Å². The molecule has 2 aromatic rings. The van der Waals surface area contributed by atoms with Crippen molar-refractivity contribution < 1.29 is 18.0 Å². The first-order valence-electron chi connectivity index (χ1n) is 7.23. The number of halogens is 6. The number of hydrogen-bond acceptors (Lipinski definition) is 1. The maximum absolute atomic E-state index is 14.0. The summed E-state index contributed by atoms with van der Waals surface area (Å²) in [6.07, 6.45) is -5.24. The molecule has 0 aliphatic carbocycles. The monoisotopic (exact) mass is 407 g/mol. The number of alkyl halides is 3. The Balaban J connectivity index is 2.11. The zero-order chi connectivity index (χ0) is 18.4. The molecule has 2 aromatic carbocycles. The van der Waals surface area contributed by atoms with Crippen LogP contribution in [-0.4, -0.2) is 12.1 Å². The van der Waals surface area contributed by atoms with E-state index in [9.17, 15) is 18.0 Å². The highest BCUT2D eigenvalue weighted by Gasteiger charge is 2.62. The van der Waals surface area contributed by atoms with Gasteiger partial charge < -0.3 is 5.32 Å². The molecule has 1 amide bonds. The summed E-state index contributed by atoms with van der Waals surface area (Å²) in [4.78, 5) is 12.4. The van der Waals surface area contributed by atoms with Gasteiger partial charge in [-0.2, -0.15) is 13.2 Å². The van der Waals surface area contributed by atoms with Crippen LogP contribution in [0.4, 0.5) is 13.2 Å². The molecule has 1 fully saturated rings. The van der Waals surface area contributed by atoms with Crippen LogP contribution in [-0.2, 0) is 10.3 Å². The minimum absolute atomic E-state index is 0.0616. The largest absolute Gasteiger partial charge is 0.415 e. The second-order valence-electron chi connectivity index (χ2n) is 5.86. The highest BCUT2D eigenvalue weighted by molar-refractivity contribution is 6.34. The van der Waals surface area contributed by atoms with E-state index in [4.69, 9.17) is 34.8 Å². The van der Waals surface area contributed by atoms with E-state index in [1.54, 1.807) is 18.2 Å². The van der Waals surface area contributed by atoms with Gasteiger partial charge in [-0.1, -0.05) is 46.9 Å². The Hall–Kier alpha value is -1.43. The van der Waals surface area contributed by atoms with Crippen LogP contribution in [0.5, 0.6) is 0 Å². The molecule has 2 unspecified atom stereocenters. The Morgan fingerprint density at radius 1 is 1.00 bits per heavy atom. The fourth-order valence-corrected chi connectivity index (χ4v) is 3.81. The third kappa shape index (κ3) is 3.33. The Kier molecular flexibility index (Phi) is 4.69. The van der Waals surface area contributed by atoms with E-state index in [1.165, 1.54) is 24.3 Å². The standard InChI is InChI=1S/C17H11Cl3F3NO/c18-11-3-1-2-9(4-11)14-8-16(17(21,22)23,24-15(14)25)10-5-12(19)7-13(20)6-10/h1-7,14H,8H2,(H,24,25). The van der Waals surface area contributed by atoms with E-state index in [2.05, 4.69) is 5.32 Å². The van der Waals surface area contributed by atoms with E-state index in [-0.39, 0.29) is 15.6 Å². The molecule has 0 spiro atoms. The van der Waals surface area contributed by atoms with Gasteiger partial charge in [0.15, 0.2) is 5.54 Å². The van der Waals surface area contributed by atoms with Crippen molar-refractivity contribution in [3.05, 3.63) is 68.7 Å². The van der Waals surface area contributed by atoms with Crippen molar-refractivity contribution in [2.45, 2.75) is 24.1 Å². The molecule has 2 atom stereocenters. The fourth-order valence-electron chi connectivity index (χ4n) is 3.08. The van der Waals surface area contributed by atoms with Crippen molar-refractivity contribution in [3.8, 4) is 0 Å². The van der Waals surface area contributed by atoms with Gasteiger partial charge in [0, 0.05) is 15.1 Å². The van der Waals surface area contributed by atoms with Gasteiger partial charge >= 0.3 is 6.18 Å². The first-order valence-corrected chi connectivity index (χ1v) is 8.36. The highest BCUT2D eigenvalue weighted by atomic mass is 35.5. The molecule has 1 heterocycles. The zero-order valence-electron chi connectivity index (χ0n) is 12.5. The molecular formula is C17H11Cl3F3NO. The first kappa shape index (κ1) is 18.4. The van der Waals surface area contributed by atoms with Crippen LogP contribution >= 0.6 is 34.8 Å². The molecule has 8 heteroatoms. The van der Waals surface area contributed by atoms with E-state index < -0.39 is 30.0 Å². The summed E-state index contributed by atoms with van der Waals surface area (Å²) in [5.74, 6) is -1.71. The van der Waals surface area contributed by atoms with E-state index in [1.807, 2.05) is 0 Å². The average Bonchev–Trinajstić information content (AvgIpc) is 2.85. The molecule has 3 rings (SSSR count). The third-order valence-corrected chi connectivity index (χ3v) is 4.93. The minimum Gasteiger partial charge on any atom is -0.338 e. The Labute approximate surface area is 156 Å². The maximum atomic E-state index is 14.0. The average molecular weight is 409 g/mol. The van der Waals surface area contributed by atoms with Crippen molar-refractivity contribution in [3.63, 3.8) is 0 Å². The summed E-state index contributed by atoms with van der Waals surface area (Å²) < 4.78 is 41.9. The second-order valence-corrected chi connectivity index (χ2v) is 7.17. The summed E-state index contributed by atoms with van der Waals surface area (Å²) in [7, 11) is 0. The summed E-state index contributed by atoms with van der Waals surface area (Å²) in [6, 6.07) is 9.92. The van der Waals surface area contributed by atoms with Crippen molar-refractivity contribution in [1.82, 2.24) is 5.32 Å². The predicted molar refractivity (Wildman–Crippen MR) is 91.1 cm³/mol. The van der Waals surface area contributed by atoms with E-state index in [0.717, 1.165) is 0 Å². The van der Waals surface area contributed by atoms with Crippen molar-refractivity contribution in [2.24, 2.45) is 0 Å². The summed E-state index contributed by atoms with van der Waals surface area (Å²) >= 11 is 17.6. The second kappa shape index (κ2) is 6.38. The topological polar surface area (TPSA) is 29.1 Å². The van der Waals surface area contributed by atoms with Gasteiger partial charge in [-0.3, -0.25) is 4.79 Å². The number of hydrogen-bond donors (Lipinski definition) is 1. The highest BCUT2D eigenvalue weighted by Crippen LogP contribution is 2.50. The summed E-state index contributed by atoms with van der Waals surface area (Å²) in [5, 5.41) is 2.59. The number of nitrogens with one attached hydrogen (secondary N) is 1. The van der Waals surface area contributed by atoms with E-state index >= 15 is 0 Å². The van der Waals surface area contributed by atoms with Crippen LogP contribution < -0.4 is 5.32 Å². The Bertz CT molecular complexity index is 820. The normalized spacial score (nSPS) is 23.6. The molecule has 0 radical (unpaired) electrons. The van der Waals surface area contributed by atoms with Crippen LogP contribution in [0.1, 0.15) is 23.5 Å². The van der Waals surface area contributed by atoms with Gasteiger partial charge in [0.1, 0.15) is 0 Å². The molecule has 25 heavy (non-hydrogen) atoms. The molecule has 2 nitrogen and oxygen atoms in total. The van der Waals surface area contributed by atoms with Gasteiger partial charge in [-0.25, -0.2) is 0 Å². The number of carbonyl (C=O) groups is 1. The maximum Gasteiger partial charge on any atom is 0.415 e. The lowest BCUT2D eigenvalue weighted by molar-refractivity contribution is -0.197. The molecule has 1 saturated heterocycles. The lowest BCUT2D eigenvalue weighted by Crippen LogP contribution is -2.51. The van der Waals surface area contributed by atoms with Gasteiger partial charge in [-0.15, -0.1) is 0 Å². The molecule has 1 N–H and O–H groups in total. The Morgan fingerprint density at radius 3 is 2.20 bits per heavy atom. The van der Waals surface area contributed by atoms with Crippen LogP contribution in [0, 0.1) is 0 Å². The fraction of sp³-hybridized carbons (Fsp3) is 0.235. The lowest BCUT2D eigenvalue weighted by atomic mass is 9.83. The lowest BCUT2D eigenvalue weighted by Gasteiger charge is -2.32. The van der Waals surface area contributed by atoms with Crippen LogP contribution in [0.15, 0.2) is 42.5 Å². The van der Waals surface area contributed by atoms with Crippen molar-refractivity contribution in [2.75, 3.05) is 0 Å². The summed E-state index contributed by atoms with van der Waals surface area (Å²) in [6.45, 7) is 0.